The molecule has 3 N–H and O–H groups in total. The van der Waals surface area contributed by atoms with Gasteiger partial charge < -0.3 is 15.7 Å². The molecule has 0 radical (unpaired) electrons. The van der Waals surface area contributed by atoms with Gasteiger partial charge in [-0.15, -0.1) is 0 Å². The van der Waals surface area contributed by atoms with Crippen LogP contribution in [0.15, 0.2) is 18.2 Å². The molecule has 0 unspecified atom stereocenters. The summed E-state index contributed by atoms with van der Waals surface area (Å²) in [5.41, 5.74) is 2.09. The minimum Gasteiger partial charge on any atom is -0.384 e. The summed E-state index contributed by atoms with van der Waals surface area (Å²) in [7, 11) is 0. The zero-order valence-corrected chi connectivity index (χ0v) is 12.3. The molecule has 0 aromatic heterocycles. The van der Waals surface area contributed by atoms with E-state index in [-0.39, 0.29) is 25.0 Å². The predicted molar refractivity (Wildman–Crippen MR) is 80.8 cm³/mol. The number of aliphatic hydroxyl groups excluding tert-OH is 1. The van der Waals surface area contributed by atoms with Gasteiger partial charge in [-0.05, 0) is 37.1 Å². The number of nitrogens with one attached hydrogen (secondary N) is 2. The molecule has 0 aliphatic heterocycles. The van der Waals surface area contributed by atoms with Gasteiger partial charge in [-0.3, -0.25) is 9.59 Å². The molecule has 0 fully saturated rings. The average Bonchev–Trinajstić information content (AvgIpc) is 2.49. The molecule has 112 valence electrons. The highest BCUT2D eigenvalue weighted by molar-refractivity contribution is 5.96. The van der Waals surface area contributed by atoms with Gasteiger partial charge >= 0.3 is 0 Å². The Bertz CT molecular complexity index is 571. The van der Waals surface area contributed by atoms with E-state index in [1.165, 1.54) is 0 Å². The normalized spacial score (nSPS) is 9.48. The third kappa shape index (κ3) is 5.67. The van der Waals surface area contributed by atoms with Gasteiger partial charge in [0.1, 0.15) is 6.61 Å². The summed E-state index contributed by atoms with van der Waals surface area (Å²) >= 11 is 0. The minimum atomic E-state index is -0.300. The highest BCUT2D eigenvalue weighted by Gasteiger charge is 2.08. The highest BCUT2D eigenvalue weighted by atomic mass is 16.2. The summed E-state index contributed by atoms with van der Waals surface area (Å²) in [6.45, 7) is 4.17. The molecule has 0 bridgehead atoms. The van der Waals surface area contributed by atoms with Gasteiger partial charge in [0.25, 0.3) is 5.91 Å². The maximum Gasteiger partial charge on any atom is 0.251 e. The molecule has 0 aliphatic rings. The largest absolute Gasteiger partial charge is 0.384 e. The minimum absolute atomic E-state index is 0.0377. The van der Waals surface area contributed by atoms with Crippen LogP contribution in [0.5, 0.6) is 0 Å². The quantitative estimate of drug-likeness (QED) is 0.694. The molecule has 0 saturated heterocycles. The molecular formula is C16H20N2O3. The Labute approximate surface area is 124 Å². The van der Waals surface area contributed by atoms with Crippen LogP contribution in [-0.2, 0) is 4.79 Å². The maximum absolute atomic E-state index is 11.9. The van der Waals surface area contributed by atoms with Crippen LogP contribution < -0.4 is 10.6 Å². The summed E-state index contributed by atoms with van der Waals surface area (Å²) in [5.74, 6) is 4.87. The third-order valence-electron chi connectivity index (χ3n) is 2.77. The van der Waals surface area contributed by atoms with Crippen molar-refractivity contribution in [2.75, 3.05) is 19.7 Å². The lowest BCUT2D eigenvalue weighted by molar-refractivity contribution is -0.120. The number of hydrogen-bond acceptors (Lipinski definition) is 3. The van der Waals surface area contributed by atoms with Crippen LogP contribution in [0.3, 0.4) is 0 Å². The number of carbonyl (C=O) groups is 2. The molecule has 0 aliphatic carbocycles. The Morgan fingerprint density at radius 1 is 1.29 bits per heavy atom. The Morgan fingerprint density at radius 3 is 2.67 bits per heavy atom. The second-order valence-corrected chi connectivity index (χ2v) is 4.52. The van der Waals surface area contributed by atoms with E-state index in [4.69, 9.17) is 5.11 Å². The first-order valence-electron chi connectivity index (χ1n) is 6.83. The summed E-state index contributed by atoms with van der Waals surface area (Å²) < 4.78 is 0. The lowest BCUT2D eigenvalue weighted by Gasteiger charge is -2.07. The zero-order chi connectivity index (χ0) is 15.7. The zero-order valence-electron chi connectivity index (χ0n) is 12.3. The highest BCUT2D eigenvalue weighted by Crippen LogP contribution is 2.10. The summed E-state index contributed by atoms with van der Waals surface area (Å²) in [4.78, 5) is 23.3. The molecule has 21 heavy (non-hydrogen) atoms. The van der Waals surface area contributed by atoms with Crippen LogP contribution in [0.4, 0.5) is 0 Å². The summed E-state index contributed by atoms with van der Waals surface area (Å²) in [5, 5.41) is 13.9. The molecular weight excluding hydrogens is 268 g/mol. The smallest absolute Gasteiger partial charge is 0.251 e. The Kier molecular flexibility index (Phi) is 6.99. The molecule has 2 amide bonds. The van der Waals surface area contributed by atoms with E-state index in [1.54, 1.807) is 18.2 Å². The average molecular weight is 288 g/mol. The van der Waals surface area contributed by atoms with Gasteiger partial charge in [-0.2, -0.15) is 0 Å². The second kappa shape index (κ2) is 8.77. The van der Waals surface area contributed by atoms with Crippen molar-refractivity contribution in [3.05, 3.63) is 34.9 Å². The number of aliphatic hydroxyl groups is 1. The number of hydrogen-bond donors (Lipinski definition) is 3. The van der Waals surface area contributed by atoms with Crippen molar-refractivity contribution in [1.82, 2.24) is 10.6 Å². The Hall–Kier alpha value is -2.32. The number of carbonyl (C=O) groups excluding carboxylic acids is 2. The molecule has 0 saturated carbocycles. The van der Waals surface area contributed by atoms with E-state index < -0.39 is 0 Å². The van der Waals surface area contributed by atoms with E-state index >= 15 is 0 Å². The summed E-state index contributed by atoms with van der Waals surface area (Å²) in [6.07, 6.45) is 0.856. The lowest BCUT2D eigenvalue weighted by Crippen LogP contribution is -2.37. The van der Waals surface area contributed by atoms with Gasteiger partial charge in [0.05, 0.1) is 6.54 Å². The molecule has 0 spiro atoms. The van der Waals surface area contributed by atoms with Crippen LogP contribution in [0.1, 0.15) is 34.8 Å². The van der Waals surface area contributed by atoms with Gasteiger partial charge in [0.2, 0.25) is 5.91 Å². The molecule has 1 rings (SSSR count). The Morgan fingerprint density at radius 2 is 2.05 bits per heavy atom. The van der Waals surface area contributed by atoms with Crippen molar-refractivity contribution in [2.45, 2.75) is 20.3 Å². The van der Waals surface area contributed by atoms with E-state index in [0.29, 0.717) is 12.1 Å². The first-order valence-corrected chi connectivity index (χ1v) is 6.83. The van der Waals surface area contributed by atoms with Gasteiger partial charge in [-0.25, -0.2) is 0 Å². The second-order valence-electron chi connectivity index (χ2n) is 4.52. The van der Waals surface area contributed by atoms with E-state index in [0.717, 1.165) is 17.5 Å². The third-order valence-corrected chi connectivity index (χ3v) is 2.77. The number of benzene rings is 1. The molecule has 5 heteroatoms. The monoisotopic (exact) mass is 288 g/mol. The van der Waals surface area contributed by atoms with E-state index in [1.807, 2.05) is 13.8 Å². The van der Waals surface area contributed by atoms with Crippen molar-refractivity contribution in [3.8, 4) is 11.8 Å². The first kappa shape index (κ1) is 16.7. The van der Waals surface area contributed by atoms with Crippen molar-refractivity contribution in [3.63, 3.8) is 0 Å². The van der Waals surface area contributed by atoms with Crippen molar-refractivity contribution >= 4 is 11.8 Å². The SMILES string of the molecule is CCCNC(=O)CNC(=O)c1ccc(C#CCO)c(C)c1. The van der Waals surface area contributed by atoms with Crippen molar-refractivity contribution < 1.29 is 14.7 Å². The molecule has 0 atom stereocenters. The van der Waals surface area contributed by atoms with E-state index in [2.05, 4.69) is 22.5 Å². The van der Waals surface area contributed by atoms with Crippen LogP contribution in [0.25, 0.3) is 0 Å². The van der Waals surface area contributed by atoms with Crippen LogP contribution >= 0.6 is 0 Å². The fourth-order valence-corrected chi connectivity index (χ4v) is 1.67. The Balaban J connectivity index is 2.63. The number of aryl methyl sites for hydroxylation is 1. The van der Waals surface area contributed by atoms with Crippen LogP contribution in [0.2, 0.25) is 0 Å². The molecule has 0 heterocycles. The number of rotatable bonds is 5. The van der Waals surface area contributed by atoms with Crippen LogP contribution in [-0.4, -0.2) is 36.6 Å². The number of amides is 2. The fourth-order valence-electron chi connectivity index (χ4n) is 1.67. The van der Waals surface area contributed by atoms with Gasteiger partial charge in [0.15, 0.2) is 0 Å². The lowest BCUT2D eigenvalue weighted by atomic mass is 10.0. The standard InChI is InChI=1S/C16H20N2O3/c1-3-8-17-15(20)11-18-16(21)14-7-6-13(5-4-9-19)12(2)10-14/h6-7,10,19H,3,8-9,11H2,1-2H3,(H,17,20)(H,18,21). The molecule has 1 aromatic carbocycles. The molecule has 1 aromatic rings. The van der Waals surface area contributed by atoms with Gasteiger partial charge in [0, 0.05) is 17.7 Å². The first-order chi connectivity index (χ1) is 10.1. The van der Waals surface area contributed by atoms with Crippen LogP contribution in [0, 0.1) is 18.8 Å². The van der Waals surface area contributed by atoms with Gasteiger partial charge in [-0.1, -0.05) is 18.8 Å². The van der Waals surface area contributed by atoms with E-state index in [9.17, 15) is 9.59 Å². The maximum atomic E-state index is 11.9. The van der Waals surface area contributed by atoms with Crippen molar-refractivity contribution in [2.24, 2.45) is 0 Å². The molecule has 5 nitrogen and oxygen atoms in total. The topological polar surface area (TPSA) is 78.4 Å². The summed E-state index contributed by atoms with van der Waals surface area (Å²) in [6, 6.07) is 5.08. The predicted octanol–water partition coefficient (Wildman–Crippen LogP) is 0.595. The van der Waals surface area contributed by atoms with Crippen molar-refractivity contribution in [1.29, 1.82) is 0 Å². The fraction of sp³-hybridized carbons (Fsp3) is 0.375.